The van der Waals surface area contributed by atoms with Crippen LogP contribution < -0.4 is 9.80 Å². The van der Waals surface area contributed by atoms with Crippen molar-refractivity contribution in [3.05, 3.63) is 218 Å². The molecule has 268 valence electrons. The van der Waals surface area contributed by atoms with Gasteiger partial charge in [-0.2, -0.15) is 0 Å². The van der Waals surface area contributed by atoms with E-state index < -0.39 is 0 Å². The van der Waals surface area contributed by atoms with Gasteiger partial charge in [0, 0.05) is 44.9 Å². The Balaban J connectivity index is 1.18. The minimum Gasteiger partial charge on any atom is -0.456 e. The predicted octanol–water partition coefficient (Wildman–Crippen LogP) is 15.7. The molecule has 0 bridgehead atoms. The van der Waals surface area contributed by atoms with Crippen molar-refractivity contribution in [2.24, 2.45) is 0 Å². The van der Waals surface area contributed by atoms with Crippen LogP contribution in [0.3, 0.4) is 0 Å². The molecule has 3 heteroatoms. The summed E-state index contributed by atoms with van der Waals surface area (Å²) in [5.74, 6) is 0. The SMILES string of the molecule is c1ccc(N(c2ccccc2)c2ccc(-c3cc(N(c4ccccc4)c4ccc5oc6ccccc6c5c4)cc4c5ccccc5c5ccccc5c34)cc2)cc1. The Morgan fingerprint density at radius 1 is 0.263 bits per heavy atom. The van der Waals surface area contributed by atoms with Gasteiger partial charge in [0.2, 0.25) is 0 Å². The summed E-state index contributed by atoms with van der Waals surface area (Å²) in [7, 11) is 0. The van der Waals surface area contributed by atoms with Crippen molar-refractivity contribution in [3.8, 4) is 11.1 Å². The molecule has 0 aliphatic rings. The Kier molecular flexibility index (Phi) is 7.82. The highest BCUT2D eigenvalue weighted by Crippen LogP contribution is 2.47. The fourth-order valence-electron chi connectivity index (χ4n) is 8.64. The summed E-state index contributed by atoms with van der Waals surface area (Å²) in [6.45, 7) is 0. The number of fused-ring (bicyclic) bond motifs is 9. The maximum Gasteiger partial charge on any atom is 0.135 e. The minimum absolute atomic E-state index is 0.879. The Morgan fingerprint density at radius 3 is 1.30 bits per heavy atom. The first-order chi connectivity index (χ1) is 28.3. The molecule has 0 saturated carbocycles. The summed E-state index contributed by atoms with van der Waals surface area (Å²) in [4.78, 5) is 4.70. The fourth-order valence-corrected chi connectivity index (χ4v) is 8.64. The zero-order valence-electron chi connectivity index (χ0n) is 31.1. The van der Waals surface area contributed by atoms with E-state index >= 15 is 0 Å². The van der Waals surface area contributed by atoms with Gasteiger partial charge in [0.25, 0.3) is 0 Å². The second kappa shape index (κ2) is 13.6. The second-order valence-electron chi connectivity index (χ2n) is 14.5. The normalized spacial score (nSPS) is 11.5. The van der Waals surface area contributed by atoms with E-state index in [2.05, 4.69) is 216 Å². The van der Waals surface area contributed by atoms with Gasteiger partial charge in [0.15, 0.2) is 0 Å². The Morgan fingerprint density at radius 2 is 0.684 bits per heavy atom. The number of hydrogen-bond acceptors (Lipinski definition) is 3. The van der Waals surface area contributed by atoms with Crippen LogP contribution in [-0.2, 0) is 0 Å². The zero-order chi connectivity index (χ0) is 37.7. The van der Waals surface area contributed by atoms with Gasteiger partial charge in [-0.1, -0.05) is 133 Å². The number of hydrogen-bond donors (Lipinski definition) is 0. The molecular formula is C54H36N2O. The first kappa shape index (κ1) is 32.8. The highest BCUT2D eigenvalue weighted by Gasteiger charge is 2.21. The molecule has 11 aromatic rings. The third-order valence-electron chi connectivity index (χ3n) is 11.2. The lowest BCUT2D eigenvalue weighted by Crippen LogP contribution is -2.10. The van der Waals surface area contributed by atoms with Gasteiger partial charge < -0.3 is 14.2 Å². The fraction of sp³-hybridized carbons (Fsp3) is 0. The topological polar surface area (TPSA) is 19.6 Å². The molecule has 0 aliphatic carbocycles. The lowest BCUT2D eigenvalue weighted by molar-refractivity contribution is 0.669. The number of nitrogens with zero attached hydrogens (tertiary/aromatic N) is 2. The molecule has 57 heavy (non-hydrogen) atoms. The Labute approximate surface area is 330 Å². The lowest BCUT2D eigenvalue weighted by atomic mass is 9.88. The van der Waals surface area contributed by atoms with Gasteiger partial charge in [0.05, 0.1) is 0 Å². The molecule has 0 aliphatic heterocycles. The van der Waals surface area contributed by atoms with Crippen LogP contribution in [0.15, 0.2) is 223 Å². The maximum absolute atomic E-state index is 6.28. The van der Waals surface area contributed by atoms with Gasteiger partial charge in [-0.25, -0.2) is 0 Å². The van der Waals surface area contributed by atoms with Crippen LogP contribution in [0.25, 0.3) is 65.4 Å². The lowest BCUT2D eigenvalue weighted by Gasteiger charge is -2.28. The van der Waals surface area contributed by atoms with Crippen LogP contribution in [0.5, 0.6) is 0 Å². The number of benzene rings is 10. The first-order valence-corrected chi connectivity index (χ1v) is 19.4. The van der Waals surface area contributed by atoms with E-state index in [9.17, 15) is 0 Å². The van der Waals surface area contributed by atoms with E-state index in [4.69, 9.17) is 4.42 Å². The molecule has 3 nitrogen and oxygen atoms in total. The molecule has 10 aromatic carbocycles. The van der Waals surface area contributed by atoms with Crippen molar-refractivity contribution in [3.63, 3.8) is 0 Å². The molecule has 1 aromatic heterocycles. The van der Waals surface area contributed by atoms with Gasteiger partial charge >= 0.3 is 0 Å². The van der Waals surface area contributed by atoms with Crippen molar-refractivity contribution in [1.82, 2.24) is 0 Å². The van der Waals surface area contributed by atoms with E-state index in [1.165, 1.54) is 37.9 Å². The molecule has 0 saturated heterocycles. The zero-order valence-corrected chi connectivity index (χ0v) is 31.1. The Hall–Kier alpha value is -7.62. The summed E-state index contributed by atoms with van der Waals surface area (Å²) >= 11 is 0. The average molecular weight is 729 g/mol. The molecule has 0 atom stereocenters. The molecular weight excluding hydrogens is 693 g/mol. The molecule has 11 rings (SSSR count). The van der Waals surface area contributed by atoms with E-state index in [1.807, 2.05) is 12.1 Å². The summed E-state index contributed by atoms with van der Waals surface area (Å²) < 4.78 is 6.28. The molecule has 0 amide bonds. The average Bonchev–Trinajstić information content (AvgIpc) is 3.66. The third kappa shape index (κ3) is 5.60. The monoisotopic (exact) mass is 728 g/mol. The van der Waals surface area contributed by atoms with Crippen LogP contribution in [0, 0.1) is 0 Å². The van der Waals surface area contributed by atoms with E-state index in [1.54, 1.807) is 0 Å². The van der Waals surface area contributed by atoms with Crippen LogP contribution in [0.1, 0.15) is 0 Å². The number of rotatable bonds is 7. The highest BCUT2D eigenvalue weighted by molar-refractivity contribution is 6.29. The largest absolute Gasteiger partial charge is 0.456 e. The van der Waals surface area contributed by atoms with Crippen molar-refractivity contribution in [2.45, 2.75) is 0 Å². The van der Waals surface area contributed by atoms with E-state index in [-0.39, 0.29) is 0 Å². The molecule has 0 unspecified atom stereocenters. The molecule has 0 spiro atoms. The van der Waals surface area contributed by atoms with Crippen LogP contribution in [0.2, 0.25) is 0 Å². The number of para-hydroxylation sites is 4. The van der Waals surface area contributed by atoms with Crippen molar-refractivity contribution < 1.29 is 4.42 Å². The van der Waals surface area contributed by atoms with Crippen molar-refractivity contribution in [1.29, 1.82) is 0 Å². The van der Waals surface area contributed by atoms with Gasteiger partial charge in [-0.3, -0.25) is 0 Å². The number of furan rings is 1. The van der Waals surface area contributed by atoms with Crippen molar-refractivity contribution >= 4 is 88.4 Å². The maximum atomic E-state index is 6.28. The molecule has 1 heterocycles. The van der Waals surface area contributed by atoms with Gasteiger partial charge in [-0.15, -0.1) is 0 Å². The summed E-state index contributed by atoms with van der Waals surface area (Å²) in [5.41, 5.74) is 10.6. The summed E-state index contributed by atoms with van der Waals surface area (Å²) in [6, 6.07) is 78.2. The summed E-state index contributed by atoms with van der Waals surface area (Å²) in [6.07, 6.45) is 0. The standard InChI is InChI=1S/C54H36N2O/c1-4-16-38(17-5-1)55(39-18-6-2-7-19-39)41-30-28-37(29-31-41)49-35-43(36-51-46-24-11-10-22-44(46)45-23-12-13-26-48(45)54(49)51)56(40-20-8-3-9-21-40)42-32-33-53-50(34-42)47-25-14-15-27-52(47)57-53/h1-36H. The molecule has 0 N–H and O–H groups in total. The van der Waals surface area contributed by atoms with Crippen LogP contribution in [-0.4, -0.2) is 0 Å². The third-order valence-corrected chi connectivity index (χ3v) is 11.2. The minimum atomic E-state index is 0.879. The van der Waals surface area contributed by atoms with E-state index in [0.29, 0.717) is 0 Å². The van der Waals surface area contributed by atoms with Crippen LogP contribution in [0.4, 0.5) is 34.1 Å². The number of anilines is 6. The van der Waals surface area contributed by atoms with Gasteiger partial charge in [-0.05, 0) is 128 Å². The van der Waals surface area contributed by atoms with Crippen molar-refractivity contribution in [2.75, 3.05) is 9.80 Å². The second-order valence-corrected chi connectivity index (χ2v) is 14.5. The van der Waals surface area contributed by atoms with E-state index in [0.717, 1.165) is 61.6 Å². The first-order valence-electron chi connectivity index (χ1n) is 19.4. The smallest absolute Gasteiger partial charge is 0.135 e. The highest BCUT2D eigenvalue weighted by atomic mass is 16.3. The molecule has 0 fully saturated rings. The quantitative estimate of drug-likeness (QED) is 0.152. The summed E-state index contributed by atoms with van der Waals surface area (Å²) in [5, 5.41) is 9.64. The predicted molar refractivity (Wildman–Crippen MR) is 241 cm³/mol. The Bertz CT molecular complexity index is 3190. The van der Waals surface area contributed by atoms with Gasteiger partial charge in [0.1, 0.15) is 11.2 Å². The van der Waals surface area contributed by atoms with Crippen LogP contribution >= 0.6 is 0 Å². The molecule has 0 radical (unpaired) electrons.